The summed E-state index contributed by atoms with van der Waals surface area (Å²) in [4.78, 5) is 10.2. The van der Waals surface area contributed by atoms with Crippen molar-refractivity contribution < 1.29 is 9.66 Å². The maximum atomic E-state index is 10.6. The van der Waals surface area contributed by atoms with Crippen molar-refractivity contribution in [1.82, 2.24) is 0 Å². The molecule has 0 aliphatic carbocycles. The fraction of sp³-hybridized carbons (Fsp3) is 0.333. The molecule has 1 unspecified atom stereocenters. The molecule has 0 aromatic heterocycles. The average Bonchev–Trinajstić information content (AvgIpc) is 2.45. The lowest BCUT2D eigenvalue weighted by Gasteiger charge is -2.03. The van der Waals surface area contributed by atoms with Crippen LogP contribution in [0.15, 0.2) is 16.6 Å². The van der Waals surface area contributed by atoms with Crippen molar-refractivity contribution in [2.24, 2.45) is 0 Å². The zero-order valence-corrected chi connectivity index (χ0v) is 9.08. The van der Waals surface area contributed by atoms with Gasteiger partial charge in [-0.15, -0.1) is 0 Å². The minimum atomic E-state index is -0.395. The lowest BCUT2D eigenvalue weighted by atomic mass is 10.1. The number of benzene rings is 1. The van der Waals surface area contributed by atoms with E-state index in [1.807, 2.05) is 6.92 Å². The number of nitro groups is 1. The lowest BCUT2D eigenvalue weighted by Crippen LogP contribution is -2.05. The molecule has 0 saturated heterocycles. The van der Waals surface area contributed by atoms with Crippen molar-refractivity contribution in [2.75, 3.05) is 0 Å². The summed E-state index contributed by atoms with van der Waals surface area (Å²) in [6, 6.07) is 3.04. The summed E-state index contributed by atoms with van der Waals surface area (Å²) in [5.41, 5.74) is 1.01. The van der Waals surface area contributed by atoms with Gasteiger partial charge in [0.25, 0.3) is 5.69 Å². The van der Waals surface area contributed by atoms with Crippen LogP contribution in [-0.4, -0.2) is 11.0 Å². The fourth-order valence-corrected chi connectivity index (χ4v) is 2.16. The Morgan fingerprint density at radius 1 is 1.64 bits per heavy atom. The Morgan fingerprint density at radius 2 is 2.36 bits per heavy atom. The van der Waals surface area contributed by atoms with E-state index in [0.29, 0.717) is 4.47 Å². The maximum absolute atomic E-state index is 10.6. The van der Waals surface area contributed by atoms with E-state index in [9.17, 15) is 10.1 Å². The van der Waals surface area contributed by atoms with Crippen molar-refractivity contribution in [3.63, 3.8) is 0 Å². The molecule has 0 saturated carbocycles. The Kier molecular flexibility index (Phi) is 2.19. The molecule has 1 heterocycles. The smallest absolute Gasteiger partial charge is 0.271 e. The second-order valence-corrected chi connectivity index (χ2v) is 4.16. The van der Waals surface area contributed by atoms with Gasteiger partial charge < -0.3 is 4.74 Å². The van der Waals surface area contributed by atoms with Gasteiger partial charge >= 0.3 is 0 Å². The second-order valence-electron chi connectivity index (χ2n) is 3.31. The number of ether oxygens (including phenoxy) is 1. The van der Waals surface area contributed by atoms with Crippen molar-refractivity contribution in [1.29, 1.82) is 0 Å². The van der Waals surface area contributed by atoms with Crippen LogP contribution in [0.1, 0.15) is 12.5 Å². The number of rotatable bonds is 1. The molecular weight excluding hydrogens is 250 g/mol. The van der Waals surface area contributed by atoms with Gasteiger partial charge in [-0.2, -0.15) is 0 Å². The summed E-state index contributed by atoms with van der Waals surface area (Å²) in [5, 5.41) is 10.6. The predicted octanol–water partition coefficient (Wildman–Crippen LogP) is 2.68. The van der Waals surface area contributed by atoms with E-state index < -0.39 is 4.92 Å². The highest BCUT2D eigenvalue weighted by Gasteiger charge is 2.24. The first-order valence-corrected chi connectivity index (χ1v) is 5.00. The van der Waals surface area contributed by atoms with Crippen LogP contribution in [0.2, 0.25) is 0 Å². The van der Waals surface area contributed by atoms with Crippen LogP contribution in [0.3, 0.4) is 0 Å². The predicted molar refractivity (Wildman–Crippen MR) is 54.6 cm³/mol. The molecule has 1 aromatic rings. The zero-order chi connectivity index (χ0) is 10.3. The molecule has 1 aliphatic heterocycles. The molecule has 2 rings (SSSR count). The Balaban J connectivity index is 2.51. The van der Waals surface area contributed by atoms with Gasteiger partial charge in [-0.25, -0.2) is 0 Å². The summed E-state index contributed by atoms with van der Waals surface area (Å²) in [5.74, 6) is 0.739. The van der Waals surface area contributed by atoms with Gasteiger partial charge in [-0.3, -0.25) is 10.1 Å². The molecule has 0 bridgehead atoms. The molecule has 0 N–H and O–H groups in total. The number of halogens is 1. The van der Waals surface area contributed by atoms with Gasteiger partial charge in [-0.1, -0.05) is 0 Å². The molecule has 74 valence electrons. The highest BCUT2D eigenvalue weighted by molar-refractivity contribution is 9.10. The van der Waals surface area contributed by atoms with Gasteiger partial charge in [0, 0.05) is 24.1 Å². The van der Waals surface area contributed by atoms with Gasteiger partial charge in [0.05, 0.1) is 9.40 Å². The number of nitro benzene ring substituents is 1. The maximum Gasteiger partial charge on any atom is 0.271 e. The topological polar surface area (TPSA) is 52.4 Å². The quantitative estimate of drug-likeness (QED) is 0.574. The largest absolute Gasteiger partial charge is 0.489 e. The highest BCUT2D eigenvalue weighted by Crippen LogP contribution is 2.38. The first-order valence-electron chi connectivity index (χ1n) is 4.21. The third kappa shape index (κ3) is 1.48. The monoisotopic (exact) mass is 257 g/mol. The van der Waals surface area contributed by atoms with E-state index in [2.05, 4.69) is 15.9 Å². The van der Waals surface area contributed by atoms with E-state index in [4.69, 9.17) is 4.74 Å². The van der Waals surface area contributed by atoms with Crippen molar-refractivity contribution in [3.8, 4) is 5.75 Å². The Bertz CT molecular complexity index is 405. The van der Waals surface area contributed by atoms with Crippen LogP contribution in [-0.2, 0) is 6.42 Å². The number of nitrogens with zero attached hydrogens (tertiary/aromatic N) is 1. The average molecular weight is 258 g/mol. The molecular formula is C9H8BrNO3. The van der Waals surface area contributed by atoms with E-state index >= 15 is 0 Å². The number of non-ortho nitro benzene ring substituents is 1. The van der Waals surface area contributed by atoms with E-state index in [1.54, 1.807) is 6.07 Å². The molecule has 14 heavy (non-hydrogen) atoms. The number of fused-ring (bicyclic) bond motifs is 1. The summed E-state index contributed by atoms with van der Waals surface area (Å²) in [7, 11) is 0. The first kappa shape index (κ1) is 9.45. The molecule has 1 aliphatic rings. The Hall–Kier alpha value is -1.10. The first-order chi connectivity index (χ1) is 6.58. The van der Waals surface area contributed by atoms with E-state index in [-0.39, 0.29) is 11.8 Å². The number of hydrogen-bond acceptors (Lipinski definition) is 3. The highest BCUT2D eigenvalue weighted by atomic mass is 79.9. The molecule has 5 heteroatoms. The van der Waals surface area contributed by atoms with Crippen LogP contribution in [0.5, 0.6) is 5.75 Å². The van der Waals surface area contributed by atoms with Crippen molar-refractivity contribution in [3.05, 3.63) is 32.3 Å². The SMILES string of the molecule is CC1Cc2cc([N+](=O)[O-])cc(Br)c2O1. The van der Waals surface area contributed by atoms with Crippen LogP contribution >= 0.6 is 15.9 Å². The van der Waals surface area contributed by atoms with Crippen LogP contribution in [0, 0.1) is 10.1 Å². The minimum absolute atomic E-state index is 0.100. The molecule has 4 nitrogen and oxygen atoms in total. The molecule has 1 atom stereocenters. The van der Waals surface area contributed by atoms with Crippen molar-refractivity contribution >= 4 is 21.6 Å². The third-order valence-corrected chi connectivity index (χ3v) is 2.73. The van der Waals surface area contributed by atoms with E-state index in [0.717, 1.165) is 17.7 Å². The molecule has 1 aromatic carbocycles. The summed E-state index contributed by atoms with van der Waals surface area (Å²) >= 11 is 3.26. The second kappa shape index (κ2) is 3.24. The molecule has 0 amide bonds. The number of hydrogen-bond donors (Lipinski definition) is 0. The zero-order valence-electron chi connectivity index (χ0n) is 7.49. The fourth-order valence-electron chi connectivity index (χ4n) is 1.58. The van der Waals surface area contributed by atoms with Crippen LogP contribution in [0.4, 0.5) is 5.69 Å². The molecule has 0 radical (unpaired) electrons. The van der Waals surface area contributed by atoms with E-state index in [1.165, 1.54) is 6.07 Å². The van der Waals surface area contributed by atoms with Crippen LogP contribution in [0.25, 0.3) is 0 Å². The van der Waals surface area contributed by atoms with Gasteiger partial charge in [0.2, 0.25) is 0 Å². The minimum Gasteiger partial charge on any atom is -0.489 e. The van der Waals surface area contributed by atoms with Crippen molar-refractivity contribution in [2.45, 2.75) is 19.4 Å². The Morgan fingerprint density at radius 3 is 3.00 bits per heavy atom. The summed E-state index contributed by atoms with van der Waals surface area (Å²) < 4.78 is 6.16. The lowest BCUT2D eigenvalue weighted by molar-refractivity contribution is -0.385. The third-order valence-electron chi connectivity index (χ3n) is 2.14. The molecule has 0 fully saturated rings. The normalized spacial score (nSPS) is 18.9. The van der Waals surface area contributed by atoms with Gasteiger partial charge in [-0.05, 0) is 22.9 Å². The summed E-state index contributed by atoms with van der Waals surface area (Å²) in [6.07, 6.45) is 0.832. The van der Waals surface area contributed by atoms with Crippen LogP contribution < -0.4 is 4.74 Å². The summed E-state index contributed by atoms with van der Waals surface area (Å²) in [6.45, 7) is 1.94. The van der Waals surface area contributed by atoms with Gasteiger partial charge in [0.15, 0.2) is 0 Å². The standard InChI is InChI=1S/C9H8BrNO3/c1-5-2-6-3-7(11(12)13)4-8(10)9(6)14-5/h3-5H,2H2,1H3. The molecule has 0 spiro atoms. The Labute approximate surface area is 89.2 Å². The van der Waals surface area contributed by atoms with Gasteiger partial charge in [0.1, 0.15) is 11.9 Å².